The summed E-state index contributed by atoms with van der Waals surface area (Å²) in [6, 6.07) is 86.9. The van der Waals surface area contributed by atoms with Crippen LogP contribution in [0.4, 0.5) is 17.1 Å². The van der Waals surface area contributed by atoms with E-state index in [1.54, 1.807) is 0 Å². The molecule has 0 atom stereocenters. The Balaban J connectivity index is 1.10. The summed E-state index contributed by atoms with van der Waals surface area (Å²) in [6.45, 7) is 4.77. The number of rotatable bonds is 7. The van der Waals surface area contributed by atoms with Crippen molar-refractivity contribution < 1.29 is 4.42 Å². The molecule has 312 valence electrons. The van der Waals surface area contributed by atoms with Crippen LogP contribution in [0.5, 0.6) is 0 Å². The van der Waals surface area contributed by atoms with E-state index < -0.39 is 5.41 Å². The first-order valence-electron chi connectivity index (χ1n) is 23.0. The molecule has 1 heterocycles. The highest BCUT2D eigenvalue weighted by Crippen LogP contribution is 2.58. The van der Waals surface area contributed by atoms with Crippen molar-refractivity contribution >= 4 is 39.0 Å². The van der Waals surface area contributed by atoms with Gasteiger partial charge in [0.25, 0.3) is 0 Å². The van der Waals surface area contributed by atoms with Gasteiger partial charge in [-0.1, -0.05) is 208 Å². The minimum Gasteiger partial charge on any atom is -0.455 e. The second-order valence-electron chi connectivity index (χ2n) is 18.3. The Labute approximate surface area is 385 Å². The lowest BCUT2D eigenvalue weighted by Gasteiger charge is -2.35. The molecule has 0 amide bonds. The van der Waals surface area contributed by atoms with E-state index in [1.165, 1.54) is 66.8 Å². The van der Waals surface area contributed by atoms with Gasteiger partial charge >= 0.3 is 0 Å². The van der Waals surface area contributed by atoms with Crippen molar-refractivity contribution in [3.05, 3.63) is 270 Å². The second-order valence-corrected chi connectivity index (χ2v) is 18.3. The first-order valence-corrected chi connectivity index (χ1v) is 23.0. The summed E-state index contributed by atoms with van der Waals surface area (Å²) < 4.78 is 6.94. The molecular formula is C64H45NO. The van der Waals surface area contributed by atoms with Gasteiger partial charge < -0.3 is 9.32 Å². The molecule has 13 rings (SSSR count). The van der Waals surface area contributed by atoms with E-state index in [2.05, 4.69) is 255 Å². The quantitative estimate of drug-likeness (QED) is 0.159. The zero-order valence-corrected chi connectivity index (χ0v) is 36.9. The molecule has 0 bridgehead atoms. The summed E-state index contributed by atoms with van der Waals surface area (Å²) in [6.07, 6.45) is 0. The Kier molecular flexibility index (Phi) is 8.51. The molecule has 2 aliphatic rings. The summed E-state index contributed by atoms with van der Waals surface area (Å²) in [7, 11) is 0. The number of hydrogen-bond acceptors (Lipinski definition) is 2. The molecule has 0 saturated heterocycles. The number of anilines is 3. The average Bonchev–Trinajstić information content (AvgIpc) is 3.99. The van der Waals surface area contributed by atoms with Gasteiger partial charge in [-0.15, -0.1) is 0 Å². The zero-order valence-electron chi connectivity index (χ0n) is 36.9. The van der Waals surface area contributed by atoms with Crippen molar-refractivity contribution in [2.75, 3.05) is 4.90 Å². The van der Waals surface area contributed by atoms with Crippen LogP contribution >= 0.6 is 0 Å². The molecule has 10 aromatic carbocycles. The Morgan fingerprint density at radius 2 is 0.924 bits per heavy atom. The van der Waals surface area contributed by atoms with E-state index in [1.807, 2.05) is 0 Å². The highest BCUT2D eigenvalue weighted by atomic mass is 16.3. The first-order chi connectivity index (χ1) is 32.5. The molecule has 0 saturated carbocycles. The molecular weight excluding hydrogens is 799 g/mol. The summed E-state index contributed by atoms with van der Waals surface area (Å²) in [4.78, 5) is 2.49. The number of benzene rings is 10. The van der Waals surface area contributed by atoms with Crippen molar-refractivity contribution in [2.24, 2.45) is 0 Å². The number of nitrogens with zero attached hydrogens (tertiary/aromatic N) is 1. The van der Waals surface area contributed by atoms with Gasteiger partial charge in [-0.3, -0.25) is 0 Å². The smallest absolute Gasteiger partial charge is 0.145 e. The topological polar surface area (TPSA) is 16.4 Å². The van der Waals surface area contributed by atoms with Gasteiger partial charge in [-0.2, -0.15) is 0 Å². The van der Waals surface area contributed by atoms with E-state index in [9.17, 15) is 0 Å². The fourth-order valence-corrected chi connectivity index (χ4v) is 11.6. The van der Waals surface area contributed by atoms with E-state index in [4.69, 9.17) is 4.42 Å². The number of hydrogen-bond donors (Lipinski definition) is 0. The Morgan fingerprint density at radius 3 is 1.65 bits per heavy atom. The van der Waals surface area contributed by atoms with Crippen LogP contribution in [0.25, 0.3) is 66.4 Å². The van der Waals surface area contributed by atoms with Crippen LogP contribution in [0.1, 0.15) is 47.2 Å². The summed E-state index contributed by atoms with van der Waals surface area (Å²) in [5.41, 5.74) is 21.7. The van der Waals surface area contributed by atoms with Crippen molar-refractivity contribution in [3.63, 3.8) is 0 Å². The van der Waals surface area contributed by atoms with E-state index in [0.29, 0.717) is 0 Å². The average molecular weight is 844 g/mol. The van der Waals surface area contributed by atoms with Crippen LogP contribution in [0.3, 0.4) is 0 Å². The SMILES string of the molecule is CC1(C)c2cc(N(c3cccc(C4(c5ccccc5)c5ccccc5-c5ccccc54)c3)c3ccc(-c4ccccc4)c4oc5ccccc5c34)ccc2-c2c(-c3ccccc3)cccc21. The lowest BCUT2D eigenvalue weighted by atomic mass is 9.67. The number of furan rings is 1. The van der Waals surface area contributed by atoms with Crippen molar-refractivity contribution in [2.45, 2.75) is 24.7 Å². The van der Waals surface area contributed by atoms with Gasteiger partial charge in [-0.05, 0) is 115 Å². The fraction of sp³-hybridized carbons (Fsp3) is 0.0625. The number of para-hydroxylation sites is 1. The van der Waals surface area contributed by atoms with Crippen LogP contribution < -0.4 is 4.90 Å². The van der Waals surface area contributed by atoms with Crippen LogP contribution in [0.2, 0.25) is 0 Å². The maximum Gasteiger partial charge on any atom is 0.145 e. The molecule has 11 aromatic rings. The molecule has 0 radical (unpaired) electrons. The van der Waals surface area contributed by atoms with Gasteiger partial charge in [0, 0.05) is 27.7 Å². The predicted octanol–water partition coefficient (Wildman–Crippen LogP) is 17.1. The summed E-state index contributed by atoms with van der Waals surface area (Å²) >= 11 is 0. The first kappa shape index (κ1) is 38.3. The highest BCUT2D eigenvalue weighted by Gasteiger charge is 2.46. The lowest BCUT2D eigenvalue weighted by molar-refractivity contribution is 0.660. The van der Waals surface area contributed by atoms with Crippen LogP contribution in [0, 0.1) is 0 Å². The third-order valence-corrected chi connectivity index (χ3v) is 14.6. The molecule has 0 unspecified atom stereocenters. The molecule has 2 heteroatoms. The van der Waals surface area contributed by atoms with Gasteiger partial charge in [0.1, 0.15) is 11.2 Å². The van der Waals surface area contributed by atoms with Gasteiger partial charge in [0.05, 0.1) is 16.5 Å². The molecule has 0 aliphatic heterocycles. The second kappa shape index (κ2) is 14.7. The Bertz CT molecular complexity index is 3630. The van der Waals surface area contributed by atoms with E-state index in [0.717, 1.165) is 50.1 Å². The predicted molar refractivity (Wildman–Crippen MR) is 274 cm³/mol. The molecule has 0 N–H and O–H groups in total. The van der Waals surface area contributed by atoms with Gasteiger partial charge in [0.2, 0.25) is 0 Å². The third-order valence-electron chi connectivity index (χ3n) is 14.6. The van der Waals surface area contributed by atoms with E-state index >= 15 is 0 Å². The summed E-state index contributed by atoms with van der Waals surface area (Å²) in [5.74, 6) is 0. The molecule has 1 aromatic heterocycles. The lowest BCUT2D eigenvalue weighted by Crippen LogP contribution is -2.28. The van der Waals surface area contributed by atoms with Crippen LogP contribution in [-0.4, -0.2) is 0 Å². The molecule has 0 spiro atoms. The van der Waals surface area contributed by atoms with Crippen LogP contribution in [0.15, 0.2) is 241 Å². The van der Waals surface area contributed by atoms with Crippen molar-refractivity contribution in [1.29, 1.82) is 0 Å². The minimum atomic E-state index is -0.555. The van der Waals surface area contributed by atoms with E-state index in [-0.39, 0.29) is 5.41 Å². The maximum absolute atomic E-state index is 6.94. The maximum atomic E-state index is 6.94. The van der Waals surface area contributed by atoms with Gasteiger partial charge in [0.15, 0.2) is 0 Å². The molecule has 66 heavy (non-hydrogen) atoms. The highest BCUT2D eigenvalue weighted by molar-refractivity contribution is 6.17. The Morgan fingerprint density at radius 1 is 0.379 bits per heavy atom. The molecule has 2 nitrogen and oxygen atoms in total. The van der Waals surface area contributed by atoms with Crippen LogP contribution in [-0.2, 0) is 10.8 Å². The minimum absolute atomic E-state index is 0.248. The standard InChI is InChI=1S/C64H45NO/c1-63(2)56-34-19-31-48(42-20-6-3-7-21-42)60(56)52-37-36-47(41-57(52)63)65(58-39-38-49(43-22-8-4-9-23-43)62-61(58)53-30-14-17-35-59(53)66-62)46-27-18-26-45(40-46)64(44-24-10-5-11-25-44)54-32-15-12-28-50(54)51-29-13-16-33-55(51)64/h3-41H,1-2H3. The zero-order chi connectivity index (χ0) is 44.0. The van der Waals surface area contributed by atoms with Crippen molar-refractivity contribution in [3.8, 4) is 44.5 Å². The van der Waals surface area contributed by atoms with Crippen molar-refractivity contribution in [1.82, 2.24) is 0 Å². The summed E-state index contributed by atoms with van der Waals surface area (Å²) in [5, 5.41) is 2.17. The third kappa shape index (κ3) is 5.48. The monoisotopic (exact) mass is 843 g/mol. The Hall–Kier alpha value is -8.20. The fourth-order valence-electron chi connectivity index (χ4n) is 11.6. The van der Waals surface area contributed by atoms with Gasteiger partial charge in [-0.25, -0.2) is 0 Å². The molecule has 0 fully saturated rings. The molecule has 2 aliphatic carbocycles. The number of fused-ring (bicyclic) bond motifs is 9. The largest absolute Gasteiger partial charge is 0.455 e. The normalized spacial score (nSPS) is 13.8.